The second-order valence-electron chi connectivity index (χ2n) is 3.97. The summed E-state index contributed by atoms with van der Waals surface area (Å²) in [5.74, 6) is 3.33. The molecule has 1 unspecified atom stereocenters. The van der Waals surface area contributed by atoms with Gasteiger partial charge in [-0.15, -0.1) is 0 Å². The molecule has 0 aromatic rings. The molecule has 0 saturated carbocycles. The molecule has 1 atom stereocenters. The number of unbranched alkanes of at least 4 members (excludes halogenated alkanes) is 1. The van der Waals surface area contributed by atoms with E-state index < -0.39 is 7.60 Å². The molecule has 2 N–H and O–H groups in total. The van der Waals surface area contributed by atoms with E-state index >= 15 is 0 Å². The van der Waals surface area contributed by atoms with Crippen LogP contribution in [-0.4, -0.2) is 27.5 Å². The van der Waals surface area contributed by atoms with Gasteiger partial charge in [-0.25, -0.2) is 0 Å². The molecule has 1 aliphatic heterocycles. The van der Waals surface area contributed by atoms with Crippen molar-refractivity contribution in [1.29, 1.82) is 0 Å². The average Bonchev–Trinajstić information content (AvgIpc) is 2.13. The highest BCUT2D eigenvalue weighted by molar-refractivity contribution is 7.99. The van der Waals surface area contributed by atoms with E-state index in [4.69, 9.17) is 9.79 Å². The third kappa shape index (κ3) is 6.07. The van der Waals surface area contributed by atoms with Crippen LogP contribution in [0.25, 0.3) is 0 Å². The molecule has 84 valence electrons. The monoisotopic (exact) mass is 238 g/mol. The lowest BCUT2D eigenvalue weighted by atomic mass is 9.99. The van der Waals surface area contributed by atoms with Gasteiger partial charge >= 0.3 is 7.60 Å². The van der Waals surface area contributed by atoms with Crippen molar-refractivity contribution in [2.75, 3.05) is 17.7 Å². The van der Waals surface area contributed by atoms with Crippen molar-refractivity contribution in [3.63, 3.8) is 0 Å². The summed E-state index contributed by atoms with van der Waals surface area (Å²) < 4.78 is 10.6. The van der Waals surface area contributed by atoms with Crippen molar-refractivity contribution < 1.29 is 14.4 Å². The number of thioether (sulfide) groups is 1. The van der Waals surface area contributed by atoms with E-state index in [0.717, 1.165) is 18.8 Å². The Morgan fingerprint density at radius 1 is 1.36 bits per heavy atom. The Morgan fingerprint density at radius 2 is 2.14 bits per heavy atom. The van der Waals surface area contributed by atoms with E-state index in [1.165, 1.54) is 24.3 Å². The highest BCUT2D eigenvalue weighted by Crippen LogP contribution is 2.36. The smallest absolute Gasteiger partial charge is 0.324 e. The largest absolute Gasteiger partial charge is 0.325 e. The first-order chi connectivity index (χ1) is 6.58. The van der Waals surface area contributed by atoms with Crippen LogP contribution in [0, 0.1) is 5.92 Å². The molecule has 5 heteroatoms. The summed E-state index contributed by atoms with van der Waals surface area (Å²) in [7, 11) is -3.74. The van der Waals surface area contributed by atoms with E-state index in [2.05, 4.69) is 0 Å². The first-order valence-corrected chi connectivity index (χ1v) is 8.15. The average molecular weight is 238 g/mol. The molecule has 0 aromatic heterocycles. The van der Waals surface area contributed by atoms with Crippen LogP contribution in [0.1, 0.15) is 32.1 Å². The van der Waals surface area contributed by atoms with Crippen LogP contribution in [0.2, 0.25) is 0 Å². The van der Waals surface area contributed by atoms with Gasteiger partial charge in [-0.3, -0.25) is 4.57 Å². The van der Waals surface area contributed by atoms with Crippen LogP contribution < -0.4 is 0 Å². The van der Waals surface area contributed by atoms with Gasteiger partial charge in [-0.2, -0.15) is 11.8 Å². The van der Waals surface area contributed by atoms with E-state index in [-0.39, 0.29) is 6.16 Å². The van der Waals surface area contributed by atoms with E-state index in [1.54, 1.807) is 0 Å². The molecule has 0 spiro atoms. The zero-order chi connectivity index (χ0) is 10.4. The maximum absolute atomic E-state index is 10.6. The van der Waals surface area contributed by atoms with Crippen molar-refractivity contribution in [2.45, 2.75) is 32.1 Å². The Balaban J connectivity index is 2.00. The Hall–Kier alpha value is 0.500. The molecule has 1 heterocycles. The van der Waals surface area contributed by atoms with Gasteiger partial charge in [0.25, 0.3) is 0 Å². The second kappa shape index (κ2) is 6.16. The predicted molar refractivity (Wildman–Crippen MR) is 60.8 cm³/mol. The van der Waals surface area contributed by atoms with Gasteiger partial charge in [-0.05, 0) is 43.1 Å². The zero-order valence-corrected chi connectivity index (χ0v) is 10.1. The highest BCUT2D eigenvalue weighted by atomic mass is 32.2. The minimum Gasteiger partial charge on any atom is -0.324 e. The number of rotatable bonds is 5. The topological polar surface area (TPSA) is 57.5 Å². The molecule has 0 aromatic carbocycles. The normalized spacial score (nSPS) is 23.7. The molecular formula is C9H19O3PS. The summed E-state index contributed by atoms with van der Waals surface area (Å²) in [5.41, 5.74) is 0. The van der Waals surface area contributed by atoms with E-state index in [9.17, 15) is 4.57 Å². The van der Waals surface area contributed by atoms with Gasteiger partial charge in [0.1, 0.15) is 0 Å². The summed E-state index contributed by atoms with van der Waals surface area (Å²) in [6.07, 6.45) is 5.47. The van der Waals surface area contributed by atoms with E-state index in [0.29, 0.717) is 6.42 Å². The van der Waals surface area contributed by atoms with Gasteiger partial charge in [0.05, 0.1) is 0 Å². The van der Waals surface area contributed by atoms with Crippen LogP contribution >= 0.6 is 19.4 Å². The molecule has 1 fully saturated rings. The Kier molecular flexibility index (Phi) is 5.53. The molecule has 0 aliphatic carbocycles. The molecule has 3 nitrogen and oxygen atoms in total. The van der Waals surface area contributed by atoms with Crippen LogP contribution in [0.4, 0.5) is 0 Å². The lowest BCUT2D eigenvalue weighted by molar-refractivity contribution is 0.369. The van der Waals surface area contributed by atoms with Crippen molar-refractivity contribution in [1.82, 2.24) is 0 Å². The third-order valence-corrected chi connectivity index (χ3v) is 4.75. The van der Waals surface area contributed by atoms with Gasteiger partial charge in [-0.1, -0.05) is 6.42 Å². The van der Waals surface area contributed by atoms with Crippen molar-refractivity contribution >= 4 is 19.4 Å². The van der Waals surface area contributed by atoms with Gasteiger partial charge in [0.2, 0.25) is 0 Å². The fraction of sp³-hybridized carbons (Fsp3) is 1.00. The van der Waals surface area contributed by atoms with Crippen LogP contribution in [-0.2, 0) is 4.57 Å². The fourth-order valence-electron chi connectivity index (χ4n) is 1.79. The summed E-state index contributed by atoms with van der Waals surface area (Å²) in [5, 5.41) is 0. The maximum atomic E-state index is 10.6. The molecular weight excluding hydrogens is 219 g/mol. The first-order valence-electron chi connectivity index (χ1n) is 5.20. The van der Waals surface area contributed by atoms with Crippen LogP contribution in [0.3, 0.4) is 0 Å². The summed E-state index contributed by atoms with van der Waals surface area (Å²) in [6.45, 7) is 0. The minimum absolute atomic E-state index is 0.0624. The Bertz CT molecular complexity index is 198. The first kappa shape index (κ1) is 12.6. The van der Waals surface area contributed by atoms with Gasteiger partial charge in [0.15, 0.2) is 0 Å². The second-order valence-corrected chi connectivity index (χ2v) is 6.89. The summed E-state index contributed by atoms with van der Waals surface area (Å²) in [4.78, 5) is 17.3. The summed E-state index contributed by atoms with van der Waals surface area (Å²) >= 11 is 2.01. The molecule has 1 aliphatic rings. The molecule has 1 rings (SSSR count). The van der Waals surface area contributed by atoms with Crippen molar-refractivity contribution in [3.8, 4) is 0 Å². The van der Waals surface area contributed by atoms with Crippen molar-refractivity contribution in [2.24, 2.45) is 5.92 Å². The highest BCUT2D eigenvalue weighted by Gasteiger charge is 2.15. The lowest BCUT2D eigenvalue weighted by Crippen LogP contribution is -2.10. The molecule has 14 heavy (non-hydrogen) atoms. The summed E-state index contributed by atoms with van der Waals surface area (Å²) in [6, 6.07) is 0. The van der Waals surface area contributed by atoms with Gasteiger partial charge < -0.3 is 9.79 Å². The Labute approximate surface area is 89.8 Å². The van der Waals surface area contributed by atoms with Crippen LogP contribution in [0.5, 0.6) is 0 Å². The minimum atomic E-state index is -3.74. The maximum Gasteiger partial charge on any atom is 0.325 e. The third-order valence-electron chi connectivity index (χ3n) is 2.57. The fourth-order valence-corrected chi connectivity index (χ4v) is 3.63. The predicted octanol–water partition coefficient (Wildman–Crippen LogP) is 2.48. The quantitative estimate of drug-likeness (QED) is 0.570. The SMILES string of the molecule is O=P(O)(O)CCCCC1CCCSC1. The lowest BCUT2D eigenvalue weighted by Gasteiger charge is -2.20. The zero-order valence-electron chi connectivity index (χ0n) is 8.39. The standard InChI is InChI=1S/C9H19O3PS/c10-13(11,12)6-2-1-4-9-5-3-7-14-8-9/h9H,1-8H2,(H2,10,11,12). The molecule has 0 amide bonds. The Morgan fingerprint density at radius 3 is 2.71 bits per heavy atom. The molecule has 1 saturated heterocycles. The molecule has 0 bridgehead atoms. The molecule has 0 radical (unpaired) electrons. The van der Waals surface area contributed by atoms with E-state index in [1.807, 2.05) is 11.8 Å². The number of hydrogen-bond acceptors (Lipinski definition) is 2. The van der Waals surface area contributed by atoms with Gasteiger partial charge in [0, 0.05) is 6.16 Å². The van der Waals surface area contributed by atoms with Crippen LogP contribution in [0.15, 0.2) is 0 Å². The van der Waals surface area contributed by atoms with Crippen molar-refractivity contribution in [3.05, 3.63) is 0 Å². The number of hydrogen-bond donors (Lipinski definition) is 2.